The number of benzene rings is 1. The van der Waals surface area contributed by atoms with Gasteiger partial charge in [-0.25, -0.2) is 9.78 Å². The monoisotopic (exact) mass is 446 g/mol. The highest BCUT2D eigenvalue weighted by molar-refractivity contribution is 7.16. The summed E-state index contributed by atoms with van der Waals surface area (Å²) in [5.74, 6) is 0. The van der Waals surface area contributed by atoms with Crippen molar-refractivity contribution in [3.8, 4) is 0 Å². The summed E-state index contributed by atoms with van der Waals surface area (Å²) in [6.07, 6.45) is 2.51. The maximum Gasteiger partial charge on any atom is 0.414 e. The third kappa shape index (κ3) is 5.13. The second-order valence-corrected chi connectivity index (χ2v) is 16.1. The molecular weight excluding hydrogens is 412 g/mol. The summed E-state index contributed by atoms with van der Waals surface area (Å²) in [5.41, 5.74) is 4.08. The first-order valence-corrected chi connectivity index (χ1v) is 14.3. The van der Waals surface area contributed by atoms with Gasteiger partial charge in [0.25, 0.3) is 0 Å². The molecular formula is C23H34N2O3SSi. The number of carbonyl (C=O) groups is 1. The number of hydrogen-bond acceptors (Lipinski definition) is 5. The Morgan fingerprint density at radius 1 is 1.20 bits per heavy atom. The van der Waals surface area contributed by atoms with Crippen LogP contribution in [-0.4, -0.2) is 42.5 Å². The summed E-state index contributed by atoms with van der Waals surface area (Å²) >= 11 is 1.62. The summed E-state index contributed by atoms with van der Waals surface area (Å²) in [6.45, 7) is 17.4. The molecule has 3 rings (SSSR count). The fourth-order valence-electron chi connectivity index (χ4n) is 3.19. The SMILES string of the molecule is CC(C)(C)OC(=O)N1CC(O[Si](C)(C)C(C)(C)C)CC=C1c1ccc2scnc2c1. The molecule has 164 valence electrons. The van der Waals surface area contributed by atoms with E-state index in [1.165, 1.54) is 0 Å². The van der Waals surface area contributed by atoms with Gasteiger partial charge in [-0.15, -0.1) is 11.3 Å². The second kappa shape index (κ2) is 8.09. The Bertz CT molecular complexity index is 953. The molecule has 0 spiro atoms. The van der Waals surface area contributed by atoms with Gasteiger partial charge in [-0.2, -0.15) is 0 Å². The number of nitrogens with zero attached hydrogens (tertiary/aromatic N) is 2. The van der Waals surface area contributed by atoms with E-state index in [9.17, 15) is 4.79 Å². The molecule has 1 aliphatic rings. The van der Waals surface area contributed by atoms with Crippen molar-refractivity contribution in [3.05, 3.63) is 35.3 Å². The molecule has 0 radical (unpaired) electrons. The molecule has 0 bridgehead atoms. The molecule has 1 amide bonds. The van der Waals surface area contributed by atoms with Gasteiger partial charge in [-0.1, -0.05) is 32.9 Å². The molecule has 1 aromatic carbocycles. The Hall–Kier alpha value is -1.70. The summed E-state index contributed by atoms with van der Waals surface area (Å²) in [4.78, 5) is 19.3. The minimum Gasteiger partial charge on any atom is -0.443 e. The van der Waals surface area contributed by atoms with E-state index in [4.69, 9.17) is 9.16 Å². The van der Waals surface area contributed by atoms with Crippen LogP contribution in [0.5, 0.6) is 0 Å². The summed E-state index contributed by atoms with van der Waals surface area (Å²) < 4.78 is 13.5. The Labute approximate surface area is 185 Å². The minimum absolute atomic E-state index is 0.0369. The van der Waals surface area contributed by atoms with Crippen molar-refractivity contribution in [1.82, 2.24) is 9.88 Å². The number of rotatable bonds is 3. The standard InChI is InChI=1S/C23H34N2O3SSi/c1-22(2,3)27-21(26)25-14-17(28-30(7,8)23(4,5)6)10-11-19(25)16-9-12-20-18(13-16)24-15-29-20/h9,11-13,15,17H,10,14H2,1-8H3. The molecule has 1 atom stereocenters. The van der Waals surface area contributed by atoms with Crippen molar-refractivity contribution < 1.29 is 14.0 Å². The van der Waals surface area contributed by atoms with Gasteiger partial charge in [0.15, 0.2) is 8.32 Å². The highest BCUT2D eigenvalue weighted by Crippen LogP contribution is 2.39. The van der Waals surface area contributed by atoms with E-state index < -0.39 is 13.9 Å². The van der Waals surface area contributed by atoms with Gasteiger partial charge in [0.05, 0.1) is 34.1 Å². The summed E-state index contributed by atoms with van der Waals surface area (Å²) in [7, 11) is -1.95. The maximum absolute atomic E-state index is 13.1. The lowest BCUT2D eigenvalue weighted by Gasteiger charge is -2.42. The average Bonchev–Trinajstić information content (AvgIpc) is 3.06. The first-order chi connectivity index (χ1) is 13.8. The van der Waals surface area contributed by atoms with Gasteiger partial charge < -0.3 is 9.16 Å². The number of aromatic nitrogens is 1. The first-order valence-electron chi connectivity index (χ1n) is 10.5. The highest BCUT2D eigenvalue weighted by atomic mass is 32.1. The van der Waals surface area contributed by atoms with Crippen molar-refractivity contribution >= 4 is 41.7 Å². The zero-order chi connectivity index (χ0) is 22.3. The molecule has 2 heterocycles. The fourth-order valence-corrected chi connectivity index (χ4v) is 5.21. The molecule has 30 heavy (non-hydrogen) atoms. The molecule has 1 aliphatic heterocycles. The van der Waals surface area contributed by atoms with Crippen LogP contribution in [0, 0.1) is 0 Å². The molecule has 0 saturated carbocycles. The van der Waals surface area contributed by atoms with E-state index in [1.807, 2.05) is 32.3 Å². The molecule has 2 aromatic rings. The summed E-state index contributed by atoms with van der Waals surface area (Å²) in [5, 5.41) is 0.114. The lowest BCUT2D eigenvalue weighted by atomic mass is 10.0. The lowest BCUT2D eigenvalue weighted by molar-refractivity contribution is 0.0269. The number of amides is 1. The molecule has 1 unspecified atom stereocenters. The predicted octanol–water partition coefficient (Wildman–Crippen LogP) is 6.67. The number of thiazole rings is 1. The third-order valence-corrected chi connectivity index (χ3v) is 11.1. The van der Waals surface area contributed by atoms with E-state index >= 15 is 0 Å². The Morgan fingerprint density at radius 2 is 1.90 bits per heavy atom. The molecule has 0 fully saturated rings. The van der Waals surface area contributed by atoms with E-state index in [-0.39, 0.29) is 17.2 Å². The van der Waals surface area contributed by atoms with Crippen molar-refractivity contribution in [3.63, 3.8) is 0 Å². The van der Waals surface area contributed by atoms with Crippen LogP contribution in [0.1, 0.15) is 53.5 Å². The van der Waals surface area contributed by atoms with Gasteiger partial charge in [-0.05, 0) is 57.5 Å². The average molecular weight is 447 g/mol. The van der Waals surface area contributed by atoms with Crippen LogP contribution in [0.15, 0.2) is 29.8 Å². The van der Waals surface area contributed by atoms with Crippen LogP contribution in [0.3, 0.4) is 0 Å². The Balaban J connectivity index is 1.92. The lowest BCUT2D eigenvalue weighted by Crippen LogP contribution is -2.49. The van der Waals surface area contributed by atoms with Crippen LogP contribution >= 0.6 is 11.3 Å². The summed E-state index contributed by atoms with van der Waals surface area (Å²) in [6, 6.07) is 6.16. The second-order valence-electron chi connectivity index (χ2n) is 10.5. The topological polar surface area (TPSA) is 51.7 Å². The Kier molecular flexibility index (Phi) is 6.20. The van der Waals surface area contributed by atoms with E-state index in [0.717, 1.165) is 27.9 Å². The number of carbonyl (C=O) groups excluding carboxylic acids is 1. The van der Waals surface area contributed by atoms with Crippen molar-refractivity contribution in [2.75, 3.05) is 6.54 Å². The Morgan fingerprint density at radius 3 is 2.53 bits per heavy atom. The predicted molar refractivity (Wildman–Crippen MR) is 127 cm³/mol. The van der Waals surface area contributed by atoms with E-state index in [0.29, 0.717) is 6.54 Å². The zero-order valence-electron chi connectivity index (χ0n) is 19.4. The quantitative estimate of drug-likeness (QED) is 0.494. The number of hydrogen-bond donors (Lipinski definition) is 0. The van der Waals surface area contributed by atoms with E-state index in [1.54, 1.807) is 16.2 Å². The van der Waals surface area contributed by atoms with Gasteiger partial charge >= 0.3 is 6.09 Å². The molecule has 0 saturated heterocycles. The first kappa shape index (κ1) is 23.0. The highest BCUT2D eigenvalue weighted by Gasteiger charge is 2.41. The van der Waals surface area contributed by atoms with Crippen molar-refractivity contribution in [2.45, 2.75) is 77.8 Å². The normalized spacial score (nSPS) is 18.5. The molecule has 1 aromatic heterocycles. The largest absolute Gasteiger partial charge is 0.443 e. The van der Waals surface area contributed by atoms with Gasteiger partial charge in [0.2, 0.25) is 0 Å². The molecule has 5 nitrogen and oxygen atoms in total. The number of ether oxygens (including phenoxy) is 1. The van der Waals surface area contributed by atoms with Gasteiger partial charge in [-0.3, -0.25) is 4.90 Å². The molecule has 7 heteroatoms. The van der Waals surface area contributed by atoms with Crippen LogP contribution in [0.2, 0.25) is 18.1 Å². The maximum atomic E-state index is 13.1. The third-order valence-electron chi connectivity index (χ3n) is 5.76. The molecule has 0 N–H and O–H groups in total. The van der Waals surface area contributed by atoms with Crippen LogP contribution in [0.25, 0.3) is 15.9 Å². The van der Waals surface area contributed by atoms with Crippen LogP contribution in [0.4, 0.5) is 4.79 Å². The fraction of sp³-hybridized carbons (Fsp3) is 0.565. The van der Waals surface area contributed by atoms with Crippen LogP contribution in [-0.2, 0) is 9.16 Å². The van der Waals surface area contributed by atoms with Gasteiger partial charge in [0.1, 0.15) is 5.60 Å². The zero-order valence-corrected chi connectivity index (χ0v) is 21.2. The smallest absolute Gasteiger partial charge is 0.414 e. The number of fused-ring (bicyclic) bond motifs is 1. The minimum atomic E-state index is -1.95. The van der Waals surface area contributed by atoms with Crippen molar-refractivity contribution in [1.29, 1.82) is 0 Å². The van der Waals surface area contributed by atoms with Gasteiger partial charge in [0, 0.05) is 5.56 Å². The van der Waals surface area contributed by atoms with Crippen LogP contribution < -0.4 is 0 Å². The van der Waals surface area contributed by atoms with Crippen molar-refractivity contribution in [2.24, 2.45) is 0 Å². The van der Waals surface area contributed by atoms with E-state index in [2.05, 4.69) is 57.1 Å². The molecule has 0 aliphatic carbocycles.